The zero-order valence-corrected chi connectivity index (χ0v) is 8.29. The van der Waals surface area contributed by atoms with E-state index in [2.05, 4.69) is 19.2 Å². The van der Waals surface area contributed by atoms with Gasteiger partial charge >= 0.3 is 0 Å². The van der Waals surface area contributed by atoms with Crippen LogP contribution in [0.1, 0.15) is 13.8 Å². The van der Waals surface area contributed by atoms with Crippen LogP contribution in [0.5, 0.6) is 0 Å². The Balaban J connectivity index is 3.55. The lowest BCUT2D eigenvalue weighted by Gasteiger charge is -2.06. The number of rotatable bonds is 4. The van der Waals surface area contributed by atoms with Crippen molar-refractivity contribution in [2.24, 2.45) is 0 Å². The van der Waals surface area contributed by atoms with Crippen molar-refractivity contribution in [2.75, 3.05) is 20.6 Å². The Labute approximate surface area is 74.4 Å². The maximum absolute atomic E-state index is 11.0. The van der Waals surface area contributed by atoms with Crippen molar-refractivity contribution >= 4 is 5.91 Å². The Kier molecular flexibility index (Phi) is 5.37. The Hall–Kier alpha value is -0.830. The van der Waals surface area contributed by atoms with Crippen LogP contribution in [0.15, 0.2) is 12.2 Å². The van der Waals surface area contributed by atoms with Crippen LogP contribution < -0.4 is 5.32 Å². The van der Waals surface area contributed by atoms with Gasteiger partial charge < -0.3 is 10.2 Å². The van der Waals surface area contributed by atoms with Gasteiger partial charge in [-0.05, 0) is 0 Å². The third-order valence-corrected chi connectivity index (χ3v) is 1.35. The summed E-state index contributed by atoms with van der Waals surface area (Å²) in [7, 11) is 3.48. The van der Waals surface area contributed by atoms with E-state index in [0.717, 1.165) is 6.54 Å². The number of hydrogen-bond donors (Lipinski definition) is 1. The van der Waals surface area contributed by atoms with E-state index in [4.69, 9.17) is 0 Å². The lowest BCUT2D eigenvalue weighted by Crippen LogP contribution is -2.23. The minimum absolute atomic E-state index is 0.0283. The highest BCUT2D eigenvalue weighted by atomic mass is 16.2. The third kappa shape index (κ3) is 5.92. The van der Waals surface area contributed by atoms with Crippen LogP contribution in [0.4, 0.5) is 0 Å². The second kappa shape index (κ2) is 5.77. The minimum atomic E-state index is 0.0283. The van der Waals surface area contributed by atoms with E-state index in [1.807, 2.05) is 6.08 Å². The Morgan fingerprint density at radius 3 is 2.50 bits per heavy atom. The van der Waals surface area contributed by atoms with E-state index in [1.165, 1.54) is 0 Å². The molecule has 0 saturated heterocycles. The molecule has 0 radical (unpaired) electrons. The van der Waals surface area contributed by atoms with Crippen LogP contribution >= 0.6 is 0 Å². The molecule has 0 rings (SSSR count). The fraction of sp³-hybridized carbons (Fsp3) is 0.667. The SMILES string of the molecule is CC(C)NC/C=C/C(=O)N(C)C. The monoisotopic (exact) mass is 170 g/mol. The number of nitrogens with one attached hydrogen (secondary N) is 1. The van der Waals surface area contributed by atoms with Gasteiger partial charge in [-0.3, -0.25) is 4.79 Å². The maximum Gasteiger partial charge on any atom is 0.245 e. The lowest BCUT2D eigenvalue weighted by atomic mass is 10.4. The molecule has 3 nitrogen and oxygen atoms in total. The molecule has 0 spiro atoms. The van der Waals surface area contributed by atoms with E-state index in [0.29, 0.717) is 6.04 Å². The van der Waals surface area contributed by atoms with Crippen LogP contribution in [0.2, 0.25) is 0 Å². The van der Waals surface area contributed by atoms with Crippen molar-refractivity contribution in [3.05, 3.63) is 12.2 Å². The van der Waals surface area contributed by atoms with E-state index in [9.17, 15) is 4.79 Å². The molecule has 0 fully saturated rings. The molecule has 12 heavy (non-hydrogen) atoms. The zero-order chi connectivity index (χ0) is 9.56. The Bertz CT molecular complexity index is 162. The number of carbonyl (C=O) groups is 1. The van der Waals surface area contributed by atoms with Gasteiger partial charge in [-0.15, -0.1) is 0 Å². The highest BCUT2D eigenvalue weighted by Crippen LogP contribution is 1.81. The van der Waals surface area contributed by atoms with E-state index >= 15 is 0 Å². The van der Waals surface area contributed by atoms with Gasteiger partial charge in [0.1, 0.15) is 0 Å². The number of hydrogen-bond acceptors (Lipinski definition) is 2. The van der Waals surface area contributed by atoms with E-state index in [1.54, 1.807) is 25.1 Å². The predicted molar refractivity (Wildman–Crippen MR) is 51.0 cm³/mol. The summed E-state index contributed by atoms with van der Waals surface area (Å²) >= 11 is 0. The summed E-state index contributed by atoms with van der Waals surface area (Å²) in [5.41, 5.74) is 0. The fourth-order valence-corrected chi connectivity index (χ4v) is 0.613. The van der Waals surface area contributed by atoms with Crippen molar-refractivity contribution in [2.45, 2.75) is 19.9 Å². The van der Waals surface area contributed by atoms with Gasteiger partial charge in [-0.25, -0.2) is 0 Å². The normalized spacial score (nSPS) is 11.1. The second-order valence-corrected chi connectivity index (χ2v) is 3.20. The summed E-state index contributed by atoms with van der Waals surface area (Å²) < 4.78 is 0. The number of amides is 1. The largest absolute Gasteiger partial charge is 0.345 e. The fourth-order valence-electron chi connectivity index (χ4n) is 0.613. The first-order chi connectivity index (χ1) is 5.54. The summed E-state index contributed by atoms with van der Waals surface area (Å²) in [6.07, 6.45) is 3.41. The predicted octanol–water partition coefficient (Wildman–Crippen LogP) is 0.629. The van der Waals surface area contributed by atoms with Crippen molar-refractivity contribution in [1.82, 2.24) is 10.2 Å². The minimum Gasteiger partial charge on any atom is -0.345 e. The standard InChI is InChI=1S/C9H18N2O/c1-8(2)10-7-5-6-9(12)11(3)4/h5-6,8,10H,7H2,1-4H3/b6-5+. The molecule has 3 heteroatoms. The summed E-state index contributed by atoms with van der Waals surface area (Å²) in [5.74, 6) is 0.0283. The highest BCUT2D eigenvalue weighted by molar-refractivity contribution is 5.87. The first-order valence-electron chi connectivity index (χ1n) is 4.15. The van der Waals surface area contributed by atoms with Crippen LogP contribution in [-0.2, 0) is 4.79 Å². The molecule has 0 bridgehead atoms. The highest BCUT2D eigenvalue weighted by Gasteiger charge is 1.95. The van der Waals surface area contributed by atoms with Crippen LogP contribution in [0.3, 0.4) is 0 Å². The molecule has 1 N–H and O–H groups in total. The van der Waals surface area contributed by atoms with Gasteiger partial charge in [0.05, 0.1) is 0 Å². The summed E-state index contributed by atoms with van der Waals surface area (Å²) in [5, 5.41) is 3.18. The third-order valence-electron chi connectivity index (χ3n) is 1.35. The lowest BCUT2D eigenvalue weighted by molar-refractivity contribution is -0.123. The molecular formula is C9H18N2O. The number of carbonyl (C=O) groups excluding carboxylic acids is 1. The van der Waals surface area contributed by atoms with Gasteiger partial charge in [-0.1, -0.05) is 19.9 Å². The average Bonchev–Trinajstić information content (AvgIpc) is 1.97. The first-order valence-corrected chi connectivity index (χ1v) is 4.15. The topological polar surface area (TPSA) is 32.3 Å². The smallest absolute Gasteiger partial charge is 0.245 e. The summed E-state index contributed by atoms with van der Waals surface area (Å²) in [6, 6.07) is 0.462. The molecule has 0 aromatic rings. The van der Waals surface area contributed by atoms with Gasteiger partial charge in [0.25, 0.3) is 0 Å². The van der Waals surface area contributed by atoms with Crippen molar-refractivity contribution in [3.8, 4) is 0 Å². The van der Waals surface area contributed by atoms with E-state index in [-0.39, 0.29) is 5.91 Å². The zero-order valence-electron chi connectivity index (χ0n) is 8.29. The van der Waals surface area contributed by atoms with Crippen LogP contribution in [0, 0.1) is 0 Å². The Morgan fingerprint density at radius 1 is 1.50 bits per heavy atom. The Morgan fingerprint density at radius 2 is 2.08 bits per heavy atom. The summed E-state index contributed by atoms with van der Waals surface area (Å²) in [6.45, 7) is 4.89. The van der Waals surface area contributed by atoms with Crippen molar-refractivity contribution in [3.63, 3.8) is 0 Å². The molecule has 0 aromatic heterocycles. The molecule has 0 heterocycles. The molecule has 0 unspecified atom stereocenters. The van der Waals surface area contributed by atoms with Crippen LogP contribution in [-0.4, -0.2) is 37.5 Å². The first kappa shape index (κ1) is 11.2. The van der Waals surface area contributed by atoms with Gasteiger partial charge in [-0.2, -0.15) is 0 Å². The van der Waals surface area contributed by atoms with Crippen molar-refractivity contribution in [1.29, 1.82) is 0 Å². The molecule has 0 aliphatic rings. The molecule has 70 valence electrons. The van der Waals surface area contributed by atoms with Gasteiger partial charge in [0, 0.05) is 32.8 Å². The molecule has 0 atom stereocenters. The molecule has 1 amide bonds. The molecule has 0 aromatic carbocycles. The average molecular weight is 170 g/mol. The molecule has 0 aliphatic carbocycles. The van der Waals surface area contributed by atoms with Gasteiger partial charge in [0.2, 0.25) is 5.91 Å². The molecule has 0 saturated carbocycles. The van der Waals surface area contributed by atoms with Crippen LogP contribution in [0.25, 0.3) is 0 Å². The molecular weight excluding hydrogens is 152 g/mol. The maximum atomic E-state index is 11.0. The quantitative estimate of drug-likeness (QED) is 0.628. The van der Waals surface area contributed by atoms with E-state index < -0.39 is 0 Å². The number of likely N-dealkylation sites (N-methyl/N-ethyl adjacent to an activating group) is 1. The summed E-state index contributed by atoms with van der Waals surface area (Å²) in [4.78, 5) is 12.5. The van der Waals surface area contributed by atoms with Gasteiger partial charge in [0.15, 0.2) is 0 Å². The number of nitrogens with zero attached hydrogens (tertiary/aromatic N) is 1. The second-order valence-electron chi connectivity index (χ2n) is 3.20. The van der Waals surface area contributed by atoms with Crippen molar-refractivity contribution < 1.29 is 4.79 Å². The molecule has 0 aliphatic heterocycles.